The van der Waals surface area contributed by atoms with Crippen LogP contribution >= 0.6 is 23.3 Å². The van der Waals surface area contributed by atoms with Crippen LogP contribution in [0.4, 0.5) is 5.13 Å². The monoisotopic (exact) mass is 341 g/mol. The molecule has 3 rings (SSSR count). The van der Waals surface area contributed by atoms with Gasteiger partial charge in [0.15, 0.2) is 0 Å². The third-order valence-electron chi connectivity index (χ3n) is 4.06. The van der Waals surface area contributed by atoms with Crippen molar-refractivity contribution in [3.63, 3.8) is 0 Å². The lowest BCUT2D eigenvalue weighted by molar-refractivity contribution is -0.131. The molecule has 122 valence electrons. The summed E-state index contributed by atoms with van der Waals surface area (Å²) in [5.41, 5.74) is 0. The summed E-state index contributed by atoms with van der Waals surface area (Å²) in [7, 11) is 0. The molecule has 3 heterocycles. The number of thioether (sulfide) groups is 1. The molecule has 0 saturated carbocycles. The number of hydrogen-bond donors (Lipinski definition) is 1. The molecular formula is C14H23N5OS2. The van der Waals surface area contributed by atoms with Crippen molar-refractivity contribution in [2.75, 3.05) is 49.1 Å². The zero-order chi connectivity index (χ0) is 15.4. The molecule has 2 aliphatic rings. The Labute approximate surface area is 139 Å². The highest BCUT2D eigenvalue weighted by Gasteiger charge is 2.24. The number of carbonyl (C=O) groups excluding carboxylic acids is 1. The van der Waals surface area contributed by atoms with E-state index in [0.717, 1.165) is 61.6 Å². The van der Waals surface area contributed by atoms with Crippen LogP contribution in [0, 0.1) is 6.92 Å². The van der Waals surface area contributed by atoms with Gasteiger partial charge in [0, 0.05) is 68.2 Å². The lowest BCUT2D eigenvalue weighted by atomic mass is 10.2. The van der Waals surface area contributed by atoms with Crippen molar-refractivity contribution in [2.24, 2.45) is 0 Å². The normalized spacial score (nSPS) is 23.4. The molecule has 1 N–H and O–H groups in total. The predicted molar refractivity (Wildman–Crippen MR) is 91.8 cm³/mol. The fourth-order valence-corrected chi connectivity index (χ4v) is 4.54. The van der Waals surface area contributed by atoms with Gasteiger partial charge >= 0.3 is 0 Å². The minimum Gasteiger partial charge on any atom is -0.345 e. The van der Waals surface area contributed by atoms with Crippen LogP contribution in [-0.4, -0.2) is 70.4 Å². The molecule has 0 radical (unpaired) electrons. The second-order valence-electron chi connectivity index (χ2n) is 5.78. The summed E-state index contributed by atoms with van der Waals surface area (Å²) in [6.07, 6.45) is 1.63. The van der Waals surface area contributed by atoms with Crippen LogP contribution in [-0.2, 0) is 4.79 Å². The lowest BCUT2D eigenvalue weighted by Crippen LogP contribution is -2.43. The molecule has 1 unspecified atom stereocenters. The number of nitrogens with zero attached hydrogens (tertiary/aromatic N) is 4. The third kappa shape index (κ3) is 4.11. The SMILES string of the molecule is Cc1nsc(N2CCCN(C(=O)CC3CSCCN3)CC2)n1. The number of aromatic nitrogens is 2. The Morgan fingerprint density at radius 1 is 1.36 bits per heavy atom. The lowest BCUT2D eigenvalue weighted by Gasteiger charge is -2.26. The number of amides is 1. The van der Waals surface area contributed by atoms with E-state index in [2.05, 4.69) is 19.6 Å². The van der Waals surface area contributed by atoms with E-state index in [1.165, 1.54) is 11.5 Å². The smallest absolute Gasteiger partial charge is 0.224 e. The van der Waals surface area contributed by atoms with Gasteiger partial charge in [0.1, 0.15) is 5.82 Å². The molecule has 8 heteroatoms. The minimum atomic E-state index is 0.287. The summed E-state index contributed by atoms with van der Waals surface area (Å²) in [5, 5.41) is 4.43. The molecule has 0 bridgehead atoms. The summed E-state index contributed by atoms with van der Waals surface area (Å²) < 4.78 is 4.25. The molecule has 2 aliphatic heterocycles. The zero-order valence-corrected chi connectivity index (χ0v) is 14.6. The van der Waals surface area contributed by atoms with Gasteiger partial charge in [-0.2, -0.15) is 16.1 Å². The molecule has 0 aliphatic carbocycles. The standard InChI is InChI=1S/C14H23N5OS2/c1-11-16-14(22-17-11)19-5-2-4-18(6-7-19)13(20)9-12-10-21-8-3-15-12/h12,15H,2-10H2,1H3. The van der Waals surface area contributed by atoms with Crippen molar-refractivity contribution in [3.05, 3.63) is 5.82 Å². The van der Waals surface area contributed by atoms with Gasteiger partial charge in [-0.25, -0.2) is 4.98 Å². The largest absolute Gasteiger partial charge is 0.345 e. The van der Waals surface area contributed by atoms with Crippen molar-refractivity contribution in [1.29, 1.82) is 0 Å². The van der Waals surface area contributed by atoms with Gasteiger partial charge in [-0.15, -0.1) is 0 Å². The van der Waals surface area contributed by atoms with Gasteiger partial charge in [0.25, 0.3) is 0 Å². The van der Waals surface area contributed by atoms with Crippen LogP contribution in [0.15, 0.2) is 0 Å². The van der Waals surface area contributed by atoms with Crippen LogP contribution in [0.25, 0.3) is 0 Å². The van der Waals surface area contributed by atoms with Crippen LogP contribution in [0.2, 0.25) is 0 Å². The number of aryl methyl sites for hydroxylation is 1. The molecule has 2 fully saturated rings. The van der Waals surface area contributed by atoms with E-state index in [0.29, 0.717) is 12.5 Å². The maximum atomic E-state index is 12.5. The first-order valence-corrected chi connectivity index (χ1v) is 9.79. The molecule has 0 spiro atoms. The molecule has 1 amide bonds. The van der Waals surface area contributed by atoms with E-state index >= 15 is 0 Å². The Hall–Kier alpha value is -0.860. The van der Waals surface area contributed by atoms with Gasteiger partial charge in [-0.3, -0.25) is 4.79 Å². The first-order chi connectivity index (χ1) is 10.7. The van der Waals surface area contributed by atoms with Crippen LogP contribution in [0.3, 0.4) is 0 Å². The van der Waals surface area contributed by atoms with Gasteiger partial charge < -0.3 is 15.1 Å². The number of anilines is 1. The maximum Gasteiger partial charge on any atom is 0.224 e. The van der Waals surface area contributed by atoms with Crippen LogP contribution in [0.1, 0.15) is 18.7 Å². The van der Waals surface area contributed by atoms with E-state index in [1.807, 2.05) is 23.6 Å². The Morgan fingerprint density at radius 2 is 2.27 bits per heavy atom. The molecule has 1 atom stereocenters. The summed E-state index contributed by atoms with van der Waals surface area (Å²) in [6, 6.07) is 0.344. The molecule has 6 nitrogen and oxygen atoms in total. The highest BCUT2D eigenvalue weighted by molar-refractivity contribution is 7.99. The van der Waals surface area contributed by atoms with E-state index in [1.54, 1.807) is 0 Å². The van der Waals surface area contributed by atoms with Crippen LogP contribution < -0.4 is 10.2 Å². The van der Waals surface area contributed by atoms with Crippen molar-refractivity contribution in [1.82, 2.24) is 19.6 Å². The highest BCUT2D eigenvalue weighted by atomic mass is 32.2. The number of carbonyl (C=O) groups is 1. The van der Waals surface area contributed by atoms with Gasteiger partial charge in [-0.05, 0) is 13.3 Å². The molecule has 1 aromatic rings. The maximum absolute atomic E-state index is 12.5. The first kappa shape index (κ1) is 16.0. The van der Waals surface area contributed by atoms with Gasteiger partial charge in [-0.1, -0.05) is 0 Å². The summed E-state index contributed by atoms with van der Waals surface area (Å²) >= 11 is 3.39. The average molecular weight is 342 g/mol. The Bertz CT molecular complexity index is 503. The summed E-state index contributed by atoms with van der Waals surface area (Å²) in [4.78, 5) is 21.2. The van der Waals surface area contributed by atoms with Gasteiger partial charge in [0.2, 0.25) is 11.0 Å². The van der Waals surface area contributed by atoms with Crippen molar-refractivity contribution >= 4 is 34.3 Å². The molecule has 0 aromatic carbocycles. The fraction of sp³-hybridized carbons (Fsp3) is 0.786. The van der Waals surface area contributed by atoms with E-state index in [4.69, 9.17) is 0 Å². The fourth-order valence-electron chi connectivity index (χ4n) is 2.86. The Balaban J connectivity index is 1.52. The zero-order valence-electron chi connectivity index (χ0n) is 13.0. The van der Waals surface area contributed by atoms with E-state index < -0.39 is 0 Å². The first-order valence-electron chi connectivity index (χ1n) is 7.86. The highest BCUT2D eigenvalue weighted by Crippen LogP contribution is 2.19. The number of rotatable bonds is 3. The Kier molecular flexibility index (Phi) is 5.54. The molecular weight excluding hydrogens is 318 g/mol. The Morgan fingerprint density at radius 3 is 3.00 bits per heavy atom. The van der Waals surface area contributed by atoms with Crippen molar-refractivity contribution in [2.45, 2.75) is 25.8 Å². The van der Waals surface area contributed by atoms with E-state index in [-0.39, 0.29) is 5.91 Å². The minimum absolute atomic E-state index is 0.287. The molecule has 2 saturated heterocycles. The van der Waals surface area contributed by atoms with Crippen molar-refractivity contribution < 1.29 is 4.79 Å². The summed E-state index contributed by atoms with van der Waals surface area (Å²) in [5.74, 6) is 3.33. The predicted octanol–water partition coefficient (Wildman–Crippen LogP) is 0.980. The second-order valence-corrected chi connectivity index (χ2v) is 7.66. The van der Waals surface area contributed by atoms with E-state index in [9.17, 15) is 4.79 Å². The molecule has 1 aromatic heterocycles. The number of hydrogen-bond acceptors (Lipinski definition) is 7. The average Bonchev–Trinajstić information content (AvgIpc) is 2.82. The molecule has 22 heavy (non-hydrogen) atoms. The quantitative estimate of drug-likeness (QED) is 0.884. The second kappa shape index (κ2) is 7.61. The van der Waals surface area contributed by atoms with Crippen LogP contribution in [0.5, 0.6) is 0 Å². The third-order valence-corrected chi connectivity index (χ3v) is 6.05. The number of nitrogens with one attached hydrogen (secondary N) is 1. The van der Waals surface area contributed by atoms with Gasteiger partial charge in [0.05, 0.1) is 0 Å². The summed E-state index contributed by atoms with van der Waals surface area (Å²) in [6.45, 7) is 6.39. The van der Waals surface area contributed by atoms with Crippen molar-refractivity contribution in [3.8, 4) is 0 Å². The topological polar surface area (TPSA) is 61.4 Å².